The minimum Gasteiger partial charge on any atom is -0.462 e. The average Bonchev–Trinajstić information content (AvgIpc) is 1.69. The minimum absolute atomic E-state index is 0.00656. The Labute approximate surface area is 528 Å². The molecule has 4 rings (SSSR count). The van der Waals surface area contributed by atoms with Crippen molar-refractivity contribution in [3.63, 3.8) is 0 Å². The third-order valence-corrected chi connectivity index (χ3v) is 18.5. The molecule has 17 nitrogen and oxygen atoms in total. The molecular formula is C71H115NO16. The van der Waals surface area contributed by atoms with E-state index in [0.29, 0.717) is 54.9 Å². The third-order valence-electron chi connectivity index (χ3n) is 18.5. The maximum absolute atomic E-state index is 15.0. The van der Waals surface area contributed by atoms with Gasteiger partial charge in [0.25, 0.3) is 0 Å². The molecule has 0 aromatic heterocycles. The topological polar surface area (TPSA) is 237 Å². The predicted octanol–water partition coefficient (Wildman–Crippen LogP) is 14.4. The van der Waals surface area contributed by atoms with Gasteiger partial charge in [0.2, 0.25) is 6.10 Å². The van der Waals surface area contributed by atoms with Gasteiger partial charge in [-0.3, -0.25) is 24.0 Å². The van der Waals surface area contributed by atoms with Crippen molar-refractivity contribution in [1.29, 1.82) is 0 Å². The van der Waals surface area contributed by atoms with Crippen molar-refractivity contribution < 1.29 is 76.9 Å². The van der Waals surface area contributed by atoms with E-state index >= 15 is 4.79 Å². The van der Waals surface area contributed by atoms with Gasteiger partial charge in [0.1, 0.15) is 37.1 Å². The molecule has 1 aromatic rings. The number of aliphatic hydroxyl groups is 2. The van der Waals surface area contributed by atoms with E-state index in [1.807, 2.05) is 13.8 Å². The van der Waals surface area contributed by atoms with E-state index in [2.05, 4.69) is 26.1 Å². The van der Waals surface area contributed by atoms with Gasteiger partial charge in [-0.15, -0.1) is 0 Å². The first-order chi connectivity index (χ1) is 42.0. The number of Topliss-reactive ketones (excluding diaryl/α,β-unsaturated/α-hetero) is 1. The highest BCUT2D eigenvalue weighted by molar-refractivity contribution is 5.85. The Kier molecular flexibility index (Phi) is 34.4. The van der Waals surface area contributed by atoms with Crippen LogP contribution in [0.4, 0.5) is 4.79 Å². The molecule has 3 N–H and O–H groups in total. The molecule has 0 radical (unpaired) electrons. The van der Waals surface area contributed by atoms with Crippen LogP contribution in [0.2, 0.25) is 0 Å². The Morgan fingerprint density at radius 3 is 1.66 bits per heavy atom. The maximum Gasteiger partial charge on any atom is 0.408 e. The summed E-state index contributed by atoms with van der Waals surface area (Å²) in [5, 5.41) is 25.3. The number of alkyl carbamates (subject to hydrolysis) is 1. The number of hydrogen-bond acceptors (Lipinski definition) is 16. The lowest BCUT2D eigenvalue weighted by molar-refractivity contribution is -0.198. The van der Waals surface area contributed by atoms with E-state index < -0.39 is 109 Å². The number of amides is 1. The van der Waals surface area contributed by atoms with Gasteiger partial charge in [-0.25, -0.2) is 9.59 Å². The van der Waals surface area contributed by atoms with Crippen molar-refractivity contribution in [1.82, 2.24) is 5.32 Å². The summed E-state index contributed by atoms with van der Waals surface area (Å²) in [6, 6.07) is 7.00. The number of ether oxygens (including phenoxy) is 7. The zero-order chi connectivity index (χ0) is 64.7. The zero-order valence-corrected chi connectivity index (χ0v) is 55.7. The Bertz CT molecular complexity index is 2290. The minimum atomic E-state index is -1.86. The number of esters is 5. The van der Waals surface area contributed by atoms with Crippen LogP contribution >= 0.6 is 0 Å². The van der Waals surface area contributed by atoms with Gasteiger partial charge in [0.15, 0.2) is 11.9 Å². The molecule has 2 aliphatic carbocycles. The summed E-state index contributed by atoms with van der Waals surface area (Å²) >= 11 is 0. The van der Waals surface area contributed by atoms with Crippen molar-refractivity contribution in [3.05, 3.63) is 47.0 Å². The van der Waals surface area contributed by atoms with E-state index in [9.17, 15) is 39.0 Å². The van der Waals surface area contributed by atoms with Gasteiger partial charge in [-0.05, 0) is 107 Å². The molecule has 3 aliphatic rings. The van der Waals surface area contributed by atoms with Gasteiger partial charge < -0.3 is 48.7 Å². The van der Waals surface area contributed by atoms with E-state index in [-0.39, 0.29) is 49.7 Å². The van der Waals surface area contributed by atoms with E-state index in [1.54, 1.807) is 58.0 Å². The van der Waals surface area contributed by atoms with Crippen molar-refractivity contribution in [2.24, 2.45) is 29.1 Å². The van der Waals surface area contributed by atoms with Crippen LogP contribution in [0.3, 0.4) is 0 Å². The number of ketones is 1. The van der Waals surface area contributed by atoms with Crippen LogP contribution in [0.5, 0.6) is 0 Å². The molecule has 88 heavy (non-hydrogen) atoms. The highest BCUT2D eigenvalue weighted by Gasteiger charge is 2.50. The Morgan fingerprint density at radius 1 is 0.670 bits per heavy atom. The number of unbranched alkanes of at least 4 members (excludes halogenated alkanes) is 20. The predicted molar refractivity (Wildman–Crippen MR) is 339 cm³/mol. The third kappa shape index (κ3) is 26.9. The van der Waals surface area contributed by atoms with Gasteiger partial charge in [0.05, 0.1) is 31.7 Å². The highest BCUT2D eigenvalue weighted by Crippen LogP contribution is 2.52. The van der Waals surface area contributed by atoms with Gasteiger partial charge >= 0.3 is 35.9 Å². The lowest BCUT2D eigenvalue weighted by Crippen LogP contribution is -2.54. The largest absolute Gasteiger partial charge is 0.462 e. The van der Waals surface area contributed by atoms with Crippen molar-refractivity contribution in [3.8, 4) is 0 Å². The van der Waals surface area contributed by atoms with Crippen LogP contribution in [0.15, 0.2) is 41.5 Å². The van der Waals surface area contributed by atoms with E-state index in [1.165, 1.54) is 96.8 Å². The van der Waals surface area contributed by atoms with Crippen LogP contribution < -0.4 is 5.32 Å². The van der Waals surface area contributed by atoms with Gasteiger partial charge in [-0.1, -0.05) is 193 Å². The Hall–Kier alpha value is -4.87. The Morgan fingerprint density at radius 2 is 1.16 bits per heavy atom. The number of rotatable bonds is 43. The molecule has 3 unspecified atom stereocenters. The lowest BCUT2D eigenvalue weighted by atomic mass is 9.59. The number of fused-ring (bicyclic) bond motifs is 1. The molecular weight excluding hydrogens is 1120 g/mol. The number of carbonyl (C=O) groups is 7. The summed E-state index contributed by atoms with van der Waals surface area (Å²) in [5.41, 5.74) is -0.452. The summed E-state index contributed by atoms with van der Waals surface area (Å²) in [6.07, 6.45) is 19.3. The second-order valence-corrected chi connectivity index (χ2v) is 27.1. The van der Waals surface area contributed by atoms with E-state index in [0.717, 1.165) is 44.9 Å². The van der Waals surface area contributed by atoms with Crippen molar-refractivity contribution in [2.45, 2.75) is 310 Å². The molecule has 1 saturated heterocycles. The molecule has 1 amide bonds. The molecule has 17 heteroatoms. The molecule has 1 aromatic carbocycles. The summed E-state index contributed by atoms with van der Waals surface area (Å²) in [6.45, 7) is 18.3. The van der Waals surface area contributed by atoms with Crippen molar-refractivity contribution >= 4 is 41.7 Å². The number of hydrogen-bond donors (Lipinski definition) is 3. The van der Waals surface area contributed by atoms with Gasteiger partial charge in [0, 0.05) is 25.2 Å². The summed E-state index contributed by atoms with van der Waals surface area (Å²) in [4.78, 5) is 95.3. The van der Waals surface area contributed by atoms with Gasteiger partial charge in [-0.2, -0.15) is 0 Å². The number of benzene rings is 1. The monoisotopic (exact) mass is 1240 g/mol. The highest BCUT2D eigenvalue weighted by atomic mass is 16.6. The first kappa shape index (κ1) is 75.6. The van der Waals surface area contributed by atoms with Crippen LogP contribution in [0.25, 0.3) is 0 Å². The standard InChI is InChI=1S/C71H115NO16/c1-11-13-15-17-19-21-23-25-27-29-34-38-60(75)83-46-54(85-62(77)39-35-30-28-26-24-22-20-18-16-14-12-2)47-84-61(76)42-43-63(78)87-67(65(52-36-32-31-33-37-52)72-69(81)88-70(6,7)8)68(80)86-58-44-53(71(9,10)64(50(58)4)66(79)51(5)73)40-41-55-49(3)57(74)45-59-56(55)48-82-59/h31-33,36-37,49,53-59,65-67,74,79H,11-30,34-35,38-48H2,1-10H3,(H,72,81)/t49-,53?,54?,55+,56+,57+,58+,59-,65?,66+,67-/m1/s1. The number of carbonyl (C=O) groups excluding carboxylic acids is 7. The van der Waals surface area contributed by atoms with E-state index in [4.69, 9.17) is 33.2 Å². The molecule has 0 bridgehead atoms. The summed E-state index contributed by atoms with van der Waals surface area (Å²) in [7, 11) is 0. The SMILES string of the molecule is CCCCCCCCCCCCCC(=O)OCC(COC(=O)CCC(=O)O[C@@H](C(=O)O[C@H]1CC(CC[C@H]2[C@@H](C)[C@@H](O)C[C@H]3OC[C@@H]23)C(C)(C)C([C@@H](O)C(C)=O)=C1C)C(NC(=O)OC(C)(C)C)c1ccccc1)OC(=O)CCCCCCCCCCCCC. The Balaban J connectivity index is 1.47. The molecule has 1 saturated carbocycles. The second kappa shape index (κ2) is 40.1. The molecule has 0 spiro atoms. The molecule has 1 heterocycles. The number of aliphatic hydroxyl groups excluding tert-OH is 2. The molecule has 11 atom stereocenters. The quantitative estimate of drug-likeness (QED) is 0.0238. The summed E-state index contributed by atoms with van der Waals surface area (Å²) in [5.74, 6) is -4.10. The zero-order valence-electron chi connectivity index (χ0n) is 55.7. The van der Waals surface area contributed by atoms with Crippen molar-refractivity contribution in [2.75, 3.05) is 19.8 Å². The molecule has 1 aliphatic heterocycles. The first-order valence-corrected chi connectivity index (χ1v) is 34.1. The first-order valence-electron chi connectivity index (χ1n) is 34.1. The fraction of sp³-hybridized carbons (Fsp3) is 0.789. The number of nitrogens with one attached hydrogen (secondary N) is 1. The average molecular weight is 1240 g/mol. The summed E-state index contributed by atoms with van der Waals surface area (Å²) < 4.78 is 40.7. The molecule has 2 fully saturated rings. The normalized spacial score (nSPS) is 22.0. The van der Waals surface area contributed by atoms with Crippen LogP contribution in [0, 0.1) is 29.1 Å². The lowest BCUT2D eigenvalue weighted by Gasteiger charge is -2.52. The smallest absolute Gasteiger partial charge is 0.408 e. The fourth-order valence-corrected chi connectivity index (χ4v) is 13.0. The van der Waals surface area contributed by atoms with Crippen LogP contribution in [-0.4, -0.2) is 114 Å². The van der Waals surface area contributed by atoms with Crippen LogP contribution in [0.1, 0.15) is 273 Å². The second-order valence-electron chi connectivity index (χ2n) is 27.1. The molecule has 500 valence electrons. The fourth-order valence-electron chi connectivity index (χ4n) is 13.0. The maximum atomic E-state index is 15.0. The van der Waals surface area contributed by atoms with Crippen LogP contribution in [-0.2, 0) is 61.9 Å².